The number of hydrogen-bond acceptors (Lipinski definition) is 4. The first-order valence-electron chi connectivity index (χ1n) is 5.05. The van der Waals surface area contributed by atoms with Crippen LogP contribution in [0.1, 0.15) is 19.1 Å². The second-order valence-electron chi connectivity index (χ2n) is 3.46. The largest absolute Gasteiger partial charge is 0.469 e. The van der Waals surface area contributed by atoms with Gasteiger partial charge in [0.05, 0.1) is 19.8 Å². The van der Waals surface area contributed by atoms with Crippen LogP contribution in [-0.2, 0) is 16.0 Å². The lowest BCUT2D eigenvalue weighted by Crippen LogP contribution is -2.30. The number of carbonyl (C=O) groups is 1. The van der Waals surface area contributed by atoms with Crippen molar-refractivity contribution < 1.29 is 13.9 Å². The standard InChI is InChI=1S/C11H17NO3/c1-9(8-10-4-3-7-15-10)12-6-5-11(13)14-2/h3-4,7,9,12H,5-6,8H2,1-2H3. The highest BCUT2D eigenvalue weighted by molar-refractivity contribution is 5.69. The fourth-order valence-electron chi connectivity index (χ4n) is 1.33. The monoisotopic (exact) mass is 211 g/mol. The third-order valence-electron chi connectivity index (χ3n) is 2.14. The Balaban J connectivity index is 2.14. The Labute approximate surface area is 89.6 Å². The van der Waals surface area contributed by atoms with Gasteiger partial charge in [0.15, 0.2) is 0 Å². The average Bonchev–Trinajstić information content (AvgIpc) is 2.70. The fraction of sp³-hybridized carbons (Fsp3) is 0.545. The number of rotatable bonds is 6. The average molecular weight is 211 g/mol. The van der Waals surface area contributed by atoms with E-state index in [1.165, 1.54) is 7.11 Å². The number of carbonyl (C=O) groups excluding carboxylic acids is 1. The first kappa shape index (κ1) is 11.8. The van der Waals surface area contributed by atoms with Crippen molar-refractivity contribution in [2.75, 3.05) is 13.7 Å². The van der Waals surface area contributed by atoms with Crippen LogP contribution in [0.2, 0.25) is 0 Å². The minimum absolute atomic E-state index is 0.187. The van der Waals surface area contributed by atoms with Crippen molar-refractivity contribution >= 4 is 5.97 Å². The Morgan fingerprint density at radius 3 is 3.07 bits per heavy atom. The lowest BCUT2D eigenvalue weighted by molar-refractivity contribution is -0.140. The van der Waals surface area contributed by atoms with Crippen molar-refractivity contribution in [2.24, 2.45) is 0 Å². The molecule has 4 nitrogen and oxygen atoms in total. The number of methoxy groups -OCH3 is 1. The van der Waals surface area contributed by atoms with E-state index in [0.717, 1.165) is 12.2 Å². The number of hydrogen-bond donors (Lipinski definition) is 1. The Hall–Kier alpha value is -1.29. The van der Waals surface area contributed by atoms with E-state index in [-0.39, 0.29) is 5.97 Å². The lowest BCUT2D eigenvalue weighted by Gasteiger charge is -2.11. The predicted octanol–water partition coefficient (Wildman–Crippen LogP) is 1.36. The van der Waals surface area contributed by atoms with E-state index in [1.807, 2.05) is 12.1 Å². The maximum atomic E-state index is 10.8. The zero-order chi connectivity index (χ0) is 11.1. The molecule has 1 atom stereocenters. The van der Waals surface area contributed by atoms with Crippen LogP contribution < -0.4 is 5.32 Å². The zero-order valence-corrected chi connectivity index (χ0v) is 9.16. The Kier molecular flexibility index (Phi) is 4.90. The molecule has 0 bridgehead atoms. The summed E-state index contributed by atoms with van der Waals surface area (Å²) < 4.78 is 9.76. The predicted molar refractivity (Wildman–Crippen MR) is 56.5 cm³/mol. The van der Waals surface area contributed by atoms with Gasteiger partial charge < -0.3 is 14.5 Å². The topological polar surface area (TPSA) is 51.5 Å². The van der Waals surface area contributed by atoms with Crippen LogP contribution in [0.3, 0.4) is 0 Å². The lowest BCUT2D eigenvalue weighted by atomic mass is 10.2. The van der Waals surface area contributed by atoms with E-state index < -0.39 is 0 Å². The maximum Gasteiger partial charge on any atom is 0.306 e. The van der Waals surface area contributed by atoms with Gasteiger partial charge >= 0.3 is 5.97 Å². The summed E-state index contributed by atoms with van der Waals surface area (Å²) in [5.74, 6) is 0.765. The molecule has 1 aromatic rings. The van der Waals surface area contributed by atoms with Gasteiger partial charge in [-0.25, -0.2) is 0 Å². The molecule has 0 saturated carbocycles. The van der Waals surface area contributed by atoms with E-state index >= 15 is 0 Å². The van der Waals surface area contributed by atoms with E-state index in [0.29, 0.717) is 19.0 Å². The van der Waals surface area contributed by atoms with Crippen molar-refractivity contribution in [3.8, 4) is 0 Å². The number of nitrogens with one attached hydrogen (secondary N) is 1. The van der Waals surface area contributed by atoms with Crippen LogP contribution in [0, 0.1) is 0 Å². The molecular weight excluding hydrogens is 194 g/mol. The van der Waals surface area contributed by atoms with Crippen LogP contribution in [-0.4, -0.2) is 25.7 Å². The molecule has 1 N–H and O–H groups in total. The van der Waals surface area contributed by atoms with Crippen LogP contribution in [0.15, 0.2) is 22.8 Å². The molecule has 0 aliphatic carbocycles. The minimum atomic E-state index is -0.187. The van der Waals surface area contributed by atoms with E-state index in [9.17, 15) is 4.79 Å². The molecule has 4 heteroatoms. The summed E-state index contributed by atoms with van der Waals surface area (Å²) in [6, 6.07) is 4.11. The van der Waals surface area contributed by atoms with Gasteiger partial charge in [-0.05, 0) is 19.1 Å². The van der Waals surface area contributed by atoms with Crippen molar-refractivity contribution in [2.45, 2.75) is 25.8 Å². The third kappa shape index (κ3) is 4.65. The Bertz CT molecular complexity index is 282. The molecule has 0 spiro atoms. The van der Waals surface area contributed by atoms with Gasteiger partial charge in [-0.3, -0.25) is 4.79 Å². The van der Waals surface area contributed by atoms with Crippen molar-refractivity contribution in [3.63, 3.8) is 0 Å². The number of esters is 1. The molecule has 0 aromatic carbocycles. The van der Waals surface area contributed by atoms with Crippen LogP contribution >= 0.6 is 0 Å². The molecule has 1 heterocycles. The zero-order valence-electron chi connectivity index (χ0n) is 9.16. The summed E-state index contributed by atoms with van der Waals surface area (Å²) in [5, 5.41) is 3.23. The fourth-order valence-corrected chi connectivity index (χ4v) is 1.33. The van der Waals surface area contributed by atoms with Crippen LogP contribution in [0.4, 0.5) is 0 Å². The molecule has 0 saturated heterocycles. The highest BCUT2D eigenvalue weighted by atomic mass is 16.5. The minimum Gasteiger partial charge on any atom is -0.469 e. The Morgan fingerprint density at radius 2 is 2.47 bits per heavy atom. The van der Waals surface area contributed by atoms with Crippen molar-refractivity contribution in [3.05, 3.63) is 24.2 Å². The number of ether oxygens (including phenoxy) is 1. The molecule has 0 radical (unpaired) electrons. The SMILES string of the molecule is COC(=O)CCNC(C)Cc1ccco1. The van der Waals surface area contributed by atoms with Gasteiger partial charge in [-0.1, -0.05) is 0 Å². The Morgan fingerprint density at radius 1 is 1.67 bits per heavy atom. The van der Waals surface area contributed by atoms with Crippen LogP contribution in [0.25, 0.3) is 0 Å². The summed E-state index contributed by atoms with van der Waals surface area (Å²) in [4.78, 5) is 10.8. The van der Waals surface area contributed by atoms with Gasteiger partial charge in [0.25, 0.3) is 0 Å². The van der Waals surface area contributed by atoms with Crippen molar-refractivity contribution in [1.29, 1.82) is 0 Å². The summed E-state index contributed by atoms with van der Waals surface area (Å²) in [6.07, 6.45) is 2.89. The normalized spacial score (nSPS) is 12.4. The molecule has 0 aliphatic heterocycles. The highest BCUT2D eigenvalue weighted by Gasteiger charge is 2.06. The molecule has 1 rings (SSSR count). The van der Waals surface area contributed by atoms with Crippen molar-refractivity contribution in [1.82, 2.24) is 5.32 Å². The third-order valence-corrected chi connectivity index (χ3v) is 2.14. The second kappa shape index (κ2) is 6.24. The molecular formula is C11H17NO3. The summed E-state index contributed by atoms with van der Waals surface area (Å²) in [7, 11) is 1.40. The van der Waals surface area contributed by atoms with Gasteiger partial charge in [0.1, 0.15) is 5.76 Å². The molecule has 0 amide bonds. The van der Waals surface area contributed by atoms with E-state index in [2.05, 4.69) is 17.0 Å². The van der Waals surface area contributed by atoms with Gasteiger partial charge in [-0.15, -0.1) is 0 Å². The second-order valence-corrected chi connectivity index (χ2v) is 3.46. The highest BCUT2D eigenvalue weighted by Crippen LogP contribution is 2.03. The maximum absolute atomic E-state index is 10.8. The summed E-state index contributed by atoms with van der Waals surface area (Å²) in [6.45, 7) is 2.69. The van der Waals surface area contributed by atoms with Gasteiger partial charge in [-0.2, -0.15) is 0 Å². The molecule has 0 fully saturated rings. The molecule has 1 aromatic heterocycles. The smallest absolute Gasteiger partial charge is 0.306 e. The molecule has 84 valence electrons. The van der Waals surface area contributed by atoms with E-state index in [4.69, 9.17) is 4.42 Å². The van der Waals surface area contributed by atoms with Crippen LogP contribution in [0.5, 0.6) is 0 Å². The molecule has 0 aliphatic rings. The summed E-state index contributed by atoms with van der Waals surface area (Å²) in [5.41, 5.74) is 0. The summed E-state index contributed by atoms with van der Waals surface area (Å²) >= 11 is 0. The first-order valence-corrected chi connectivity index (χ1v) is 5.05. The molecule has 15 heavy (non-hydrogen) atoms. The molecule has 1 unspecified atom stereocenters. The quantitative estimate of drug-likeness (QED) is 0.722. The van der Waals surface area contributed by atoms with E-state index in [1.54, 1.807) is 6.26 Å². The van der Waals surface area contributed by atoms with Gasteiger partial charge in [0.2, 0.25) is 0 Å². The first-order chi connectivity index (χ1) is 7.22. The van der Waals surface area contributed by atoms with Gasteiger partial charge in [0, 0.05) is 19.0 Å². The number of furan rings is 1.